The van der Waals surface area contributed by atoms with Crippen molar-refractivity contribution >= 4 is 5.82 Å². The highest BCUT2D eigenvalue weighted by molar-refractivity contribution is 5.69. The zero-order valence-electron chi connectivity index (χ0n) is 13.7. The normalized spacial score (nSPS) is 15.6. The lowest BCUT2D eigenvalue weighted by atomic mass is 9.63. The number of hydrogen-bond acceptors (Lipinski definition) is 5. The fraction of sp³-hybridized carbons (Fsp3) is 0.263. The summed E-state index contributed by atoms with van der Waals surface area (Å²) in [6, 6.07) is 10.6. The van der Waals surface area contributed by atoms with E-state index in [2.05, 4.69) is 20.2 Å². The predicted molar refractivity (Wildman–Crippen MR) is 93.1 cm³/mol. The second kappa shape index (κ2) is 6.20. The number of halogens is 1. The Balaban J connectivity index is 1.61. The third kappa shape index (κ3) is 2.84. The molecule has 3 aromatic rings. The average Bonchev–Trinajstić information content (AvgIpc) is 2.60. The minimum atomic E-state index is -0.269. The van der Waals surface area contributed by atoms with Crippen LogP contribution in [0.15, 0.2) is 48.8 Å². The average molecular weight is 335 g/mol. The topological polar surface area (TPSA) is 77.6 Å². The first-order valence-electron chi connectivity index (χ1n) is 8.32. The molecule has 0 saturated heterocycles. The third-order valence-corrected chi connectivity index (χ3v) is 4.93. The smallest absolute Gasteiger partial charge is 0.145 e. The molecule has 0 unspecified atom stereocenters. The van der Waals surface area contributed by atoms with E-state index in [1.54, 1.807) is 18.5 Å². The molecule has 126 valence electrons. The Kier molecular flexibility index (Phi) is 3.87. The van der Waals surface area contributed by atoms with Crippen molar-refractivity contribution in [3.63, 3.8) is 0 Å². The highest BCUT2D eigenvalue weighted by atomic mass is 19.1. The maximum Gasteiger partial charge on any atom is 0.145 e. The van der Waals surface area contributed by atoms with Crippen LogP contribution in [0.25, 0.3) is 11.3 Å². The lowest BCUT2D eigenvalue weighted by molar-refractivity contribution is 0.223. The molecule has 4 rings (SSSR count). The molecule has 0 amide bonds. The summed E-state index contributed by atoms with van der Waals surface area (Å²) >= 11 is 0. The van der Waals surface area contributed by atoms with E-state index < -0.39 is 0 Å². The summed E-state index contributed by atoms with van der Waals surface area (Å²) in [5.74, 6) is 0.186. The number of aromatic nitrogens is 4. The van der Waals surface area contributed by atoms with Crippen molar-refractivity contribution in [3.05, 3.63) is 66.0 Å². The van der Waals surface area contributed by atoms with Crippen molar-refractivity contribution in [1.29, 1.82) is 0 Å². The van der Waals surface area contributed by atoms with E-state index >= 15 is 0 Å². The van der Waals surface area contributed by atoms with Crippen LogP contribution in [0.5, 0.6) is 0 Å². The fourth-order valence-corrected chi connectivity index (χ4v) is 3.46. The Morgan fingerprint density at radius 2 is 1.80 bits per heavy atom. The van der Waals surface area contributed by atoms with E-state index in [0.717, 1.165) is 30.5 Å². The number of pyridine rings is 2. The van der Waals surface area contributed by atoms with Crippen molar-refractivity contribution in [3.8, 4) is 11.3 Å². The van der Waals surface area contributed by atoms with Gasteiger partial charge >= 0.3 is 0 Å². The Bertz CT molecular complexity index is 890. The van der Waals surface area contributed by atoms with E-state index in [0.29, 0.717) is 23.6 Å². The molecule has 1 aliphatic rings. The first kappa shape index (κ1) is 15.6. The minimum absolute atomic E-state index is 0.241. The molecule has 0 spiro atoms. The van der Waals surface area contributed by atoms with E-state index in [9.17, 15) is 4.39 Å². The van der Waals surface area contributed by atoms with Crippen LogP contribution in [0.2, 0.25) is 0 Å². The molecule has 3 heterocycles. The van der Waals surface area contributed by atoms with Crippen LogP contribution < -0.4 is 5.73 Å². The Morgan fingerprint density at radius 3 is 2.44 bits per heavy atom. The molecular weight excluding hydrogens is 317 g/mol. The molecule has 5 nitrogen and oxygen atoms in total. The molecule has 0 atom stereocenters. The molecule has 3 aromatic heterocycles. The Labute approximate surface area is 145 Å². The fourth-order valence-electron chi connectivity index (χ4n) is 3.46. The van der Waals surface area contributed by atoms with E-state index in [4.69, 9.17) is 5.73 Å². The molecular formula is C19H18FN5. The zero-order chi connectivity index (χ0) is 17.3. The maximum atomic E-state index is 14.2. The van der Waals surface area contributed by atoms with Crippen LogP contribution >= 0.6 is 0 Å². The third-order valence-electron chi connectivity index (χ3n) is 4.93. The van der Waals surface area contributed by atoms with Gasteiger partial charge in [0.15, 0.2) is 0 Å². The molecule has 0 bridgehead atoms. The molecule has 0 aliphatic heterocycles. The van der Waals surface area contributed by atoms with Gasteiger partial charge in [-0.1, -0.05) is 6.42 Å². The summed E-state index contributed by atoms with van der Waals surface area (Å²) in [6.07, 6.45) is 6.84. The molecule has 25 heavy (non-hydrogen) atoms. The zero-order valence-corrected chi connectivity index (χ0v) is 13.7. The first-order chi connectivity index (χ1) is 12.2. The van der Waals surface area contributed by atoms with Gasteiger partial charge in [-0.05, 0) is 49.2 Å². The Hall–Kier alpha value is -2.89. The van der Waals surface area contributed by atoms with Gasteiger partial charge in [0.25, 0.3) is 0 Å². The summed E-state index contributed by atoms with van der Waals surface area (Å²) in [4.78, 5) is 8.37. The van der Waals surface area contributed by atoms with Gasteiger partial charge in [-0.3, -0.25) is 4.98 Å². The lowest BCUT2D eigenvalue weighted by Gasteiger charge is -2.41. The second-order valence-electron chi connectivity index (χ2n) is 6.49. The van der Waals surface area contributed by atoms with Crippen molar-refractivity contribution in [1.82, 2.24) is 20.2 Å². The minimum Gasteiger partial charge on any atom is -0.383 e. The van der Waals surface area contributed by atoms with Crippen molar-refractivity contribution < 1.29 is 4.39 Å². The Morgan fingerprint density at radius 1 is 1.00 bits per heavy atom. The SMILES string of the molecule is Nc1ncccc1-c1ccc(CC2(c3ncccc3F)CCC2)nn1. The molecule has 1 saturated carbocycles. The highest BCUT2D eigenvalue weighted by Gasteiger charge is 2.42. The number of rotatable bonds is 4. The van der Waals surface area contributed by atoms with E-state index in [1.807, 2.05) is 24.3 Å². The van der Waals surface area contributed by atoms with Crippen LogP contribution in [-0.4, -0.2) is 20.2 Å². The van der Waals surface area contributed by atoms with Crippen molar-refractivity contribution in [2.45, 2.75) is 31.1 Å². The van der Waals surface area contributed by atoms with Crippen LogP contribution in [0.3, 0.4) is 0 Å². The summed E-state index contributed by atoms with van der Waals surface area (Å²) < 4.78 is 14.2. The largest absolute Gasteiger partial charge is 0.383 e. The second-order valence-corrected chi connectivity index (χ2v) is 6.49. The van der Waals surface area contributed by atoms with Gasteiger partial charge in [0.1, 0.15) is 11.6 Å². The quantitative estimate of drug-likeness (QED) is 0.791. The standard InChI is InChI=1S/C19H18FN5/c20-15-5-2-10-22-17(15)19(8-3-9-19)12-13-6-7-16(25-24-13)14-4-1-11-23-18(14)21/h1-2,4-7,10-11H,3,8-9,12H2,(H2,21,23). The van der Waals surface area contributed by atoms with Crippen LogP contribution in [0, 0.1) is 5.82 Å². The van der Waals surface area contributed by atoms with Gasteiger partial charge in [-0.15, -0.1) is 0 Å². The number of nitrogens with two attached hydrogens (primary N) is 1. The van der Waals surface area contributed by atoms with Gasteiger partial charge in [0.2, 0.25) is 0 Å². The highest BCUT2D eigenvalue weighted by Crippen LogP contribution is 2.46. The summed E-state index contributed by atoms with van der Waals surface area (Å²) in [7, 11) is 0. The number of nitrogen functional groups attached to an aromatic ring is 1. The number of anilines is 1. The van der Waals surface area contributed by atoms with Crippen LogP contribution in [-0.2, 0) is 11.8 Å². The molecule has 1 fully saturated rings. The number of nitrogens with zero attached hydrogens (tertiary/aromatic N) is 4. The number of hydrogen-bond donors (Lipinski definition) is 1. The molecule has 0 radical (unpaired) electrons. The van der Waals surface area contributed by atoms with Gasteiger partial charge in [-0.25, -0.2) is 9.37 Å². The van der Waals surface area contributed by atoms with Crippen LogP contribution in [0.4, 0.5) is 10.2 Å². The molecule has 6 heteroatoms. The molecule has 0 aromatic carbocycles. The molecule has 1 aliphatic carbocycles. The van der Waals surface area contributed by atoms with Gasteiger partial charge in [0.05, 0.1) is 17.1 Å². The monoisotopic (exact) mass is 335 g/mol. The van der Waals surface area contributed by atoms with Crippen LogP contribution in [0.1, 0.15) is 30.7 Å². The van der Waals surface area contributed by atoms with Crippen molar-refractivity contribution in [2.75, 3.05) is 5.73 Å². The van der Waals surface area contributed by atoms with Crippen molar-refractivity contribution in [2.24, 2.45) is 0 Å². The summed E-state index contributed by atoms with van der Waals surface area (Å²) in [6.45, 7) is 0. The van der Waals surface area contributed by atoms with Gasteiger partial charge in [-0.2, -0.15) is 10.2 Å². The molecule has 2 N–H and O–H groups in total. The lowest BCUT2D eigenvalue weighted by Crippen LogP contribution is -2.38. The van der Waals surface area contributed by atoms with E-state index in [-0.39, 0.29) is 11.2 Å². The van der Waals surface area contributed by atoms with E-state index in [1.165, 1.54) is 6.07 Å². The first-order valence-corrected chi connectivity index (χ1v) is 8.32. The van der Waals surface area contributed by atoms with Gasteiger partial charge in [0, 0.05) is 29.8 Å². The predicted octanol–water partition coefficient (Wildman–Crippen LogP) is 3.32. The maximum absolute atomic E-state index is 14.2. The summed E-state index contributed by atoms with van der Waals surface area (Å²) in [5, 5.41) is 8.62. The summed E-state index contributed by atoms with van der Waals surface area (Å²) in [5.41, 5.74) is 8.43. The van der Waals surface area contributed by atoms with Gasteiger partial charge < -0.3 is 5.73 Å².